The highest BCUT2D eigenvalue weighted by Crippen LogP contribution is 2.19. The van der Waals surface area contributed by atoms with Crippen molar-refractivity contribution >= 4 is 11.6 Å². The van der Waals surface area contributed by atoms with E-state index in [1.165, 1.54) is 12.1 Å². The lowest BCUT2D eigenvalue weighted by Crippen LogP contribution is -2.18. The first-order chi connectivity index (χ1) is 9.99. The number of anilines is 1. The number of hydrogen-bond donors (Lipinski definition) is 1. The Morgan fingerprint density at radius 1 is 1.10 bits per heavy atom. The Labute approximate surface area is 122 Å². The van der Waals surface area contributed by atoms with Crippen molar-refractivity contribution in [3.63, 3.8) is 0 Å². The smallest absolute Gasteiger partial charge is 0.258 e. The van der Waals surface area contributed by atoms with Crippen LogP contribution >= 0.6 is 0 Å². The predicted molar refractivity (Wildman–Crippen MR) is 78.1 cm³/mol. The molecule has 0 aliphatic heterocycles. The number of hydrogen-bond acceptors (Lipinski definition) is 2. The standard InChI is InChI=1S/C16H16F2N2O/c1-20(2)10-11-6-3-4-9-14(11)19-16(21)12-7-5-8-13(17)15(12)18/h3-9H,10H2,1-2H3,(H,19,21). The molecule has 0 fully saturated rings. The van der Waals surface area contributed by atoms with Crippen LogP contribution in [0, 0.1) is 11.6 Å². The summed E-state index contributed by atoms with van der Waals surface area (Å²) in [5, 5.41) is 2.63. The summed E-state index contributed by atoms with van der Waals surface area (Å²) in [5.74, 6) is -2.84. The molecule has 0 radical (unpaired) electrons. The van der Waals surface area contributed by atoms with Gasteiger partial charge in [-0.15, -0.1) is 0 Å². The maximum atomic E-state index is 13.6. The van der Waals surface area contributed by atoms with Crippen LogP contribution in [0.15, 0.2) is 42.5 Å². The van der Waals surface area contributed by atoms with Gasteiger partial charge >= 0.3 is 0 Å². The van der Waals surface area contributed by atoms with Gasteiger partial charge in [0.25, 0.3) is 5.91 Å². The molecule has 1 N–H and O–H groups in total. The highest BCUT2D eigenvalue weighted by molar-refractivity contribution is 6.04. The molecule has 0 spiro atoms. The van der Waals surface area contributed by atoms with Crippen LogP contribution in [0.1, 0.15) is 15.9 Å². The van der Waals surface area contributed by atoms with Crippen molar-refractivity contribution in [2.75, 3.05) is 19.4 Å². The van der Waals surface area contributed by atoms with Gasteiger partial charge in [0.05, 0.1) is 5.56 Å². The lowest BCUT2D eigenvalue weighted by Gasteiger charge is -2.15. The summed E-state index contributed by atoms with van der Waals surface area (Å²) in [6.07, 6.45) is 0. The van der Waals surface area contributed by atoms with E-state index in [0.29, 0.717) is 12.2 Å². The summed E-state index contributed by atoms with van der Waals surface area (Å²) >= 11 is 0. The molecule has 0 aliphatic rings. The Kier molecular flexibility index (Phi) is 4.65. The molecule has 5 heteroatoms. The normalized spacial score (nSPS) is 10.7. The number of benzene rings is 2. The van der Waals surface area contributed by atoms with Gasteiger partial charge in [-0.1, -0.05) is 24.3 Å². The number of carbonyl (C=O) groups is 1. The van der Waals surface area contributed by atoms with E-state index in [1.807, 2.05) is 31.1 Å². The van der Waals surface area contributed by atoms with Crippen molar-refractivity contribution in [3.05, 3.63) is 65.2 Å². The largest absolute Gasteiger partial charge is 0.322 e. The third kappa shape index (κ3) is 3.64. The van der Waals surface area contributed by atoms with Gasteiger partial charge in [0.1, 0.15) is 0 Å². The van der Waals surface area contributed by atoms with Gasteiger partial charge in [-0.25, -0.2) is 8.78 Å². The highest BCUT2D eigenvalue weighted by Gasteiger charge is 2.16. The second-order valence-electron chi connectivity index (χ2n) is 4.95. The second-order valence-corrected chi connectivity index (χ2v) is 4.95. The van der Waals surface area contributed by atoms with Crippen LogP contribution in [0.5, 0.6) is 0 Å². The Bertz CT molecular complexity index is 656. The van der Waals surface area contributed by atoms with E-state index in [4.69, 9.17) is 0 Å². The quantitative estimate of drug-likeness (QED) is 0.937. The first-order valence-corrected chi connectivity index (χ1v) is 6.47. The fourth-order valence-electron chi connectivity index (χ4n) is 1.99. The van der Waals surface area contributed by atoms with E-state index in [0.717, 1.165) is 11.6 Å². The SMILES string of the molecule is CN(C)Cc1ccccc1NC(=O)c1cccc(F)c1F. The fraction of sp³-hybridized carbons (Fsp3) is 0.188. The minimum Gasteiger partial charge on any atom is -0.322 e. The van der Waals surface area contributed by atoms with Crippen molar-refractivity contribution in [2.24, 2.45) is 0 Å². The Hall–Kier alpha value is -2.27. The number of halogens is 2. The van der Waals surface area contributed by atoms with Gasteiger partial charge in [-0.3, -0.25) is 4.79 Å². The van der Waals surface area contributed by atoms with E-state index in [1.54, 1.807) is 12.1 Å². The molecular formula is C16H16F2N2O. The average molecular weight is 290 g/mol. The topological polar surface area (TPSA) is 32.3 Å². The molecule has 2 rings (SSSR count). The third-order valence-electron chi connectivity index (χ3n) is 2.95. The van der Waals surface area contributed by atoms with Gasteiger partial charge in [0.15, 0.2) is 11.6 Å². The van der Waals surface area contributed by atoms with Crippen molar-refractivity contribution in [3.8, 4) is 0 Å². The highest BCUT2D eigenvalue weighted by atomic mass is 19.2. The van der Waals surface area contributed by atoms with Crippen LogP contribution in [0.25, 0.3) is 0 Å². The lowest BCUT2D eigenvalue weighted by molar-refractivity contribution is 0.102. The van der Waals surface area contributed by atoms with Crippen molar-refractivity contribution in [1.29, 1.82) is 0 Å². The fourth-order valence-corrected chi connectivity index (χ4v) is 1.99. The van der Waals surface area contributed by atoms with Crippen molar-refractivity contribution < 1.29 is 13.6 Å². The van der Waals surface area contributed by atoms with Crippen molar-refractivity contribution in [1.82, 2.24) is 4.90 Å². The molecule has 2 aromatic carbocycles. The van der Waals surface area contributed by atoms with E-state index in [-0.39, 0.29) is 5.56 Å². The van der Waals surface area contributed by atoms with Gasteiger partial charge in [0.2, 0.25) is 0 Å². The molecule has 0 bridgehead atoms. The number of amides is 1. The van der Waals surface area contributed by atoms with Gasteiger partial charge < -0.3 is 10.2 Å². The predicted octanol–water partition coefficient (Wildman–Crippen LogP) is 3.28. The van der Waals surface area contributed by atoms with Crippen LogP contribution < -0.4 is 5.32 Å². The first kappa shape index (κ1) is 15.1. The number of carbonyl (C=O) groups excluding carboxylic acids is 1. The number of para-hydroxylation sites is 1. The zero-order chi connectivity index (χ0) is 15.4. The zero-order valence-electron chi connectivity index (χ0n) is 11.9. The average Bonchev–Trinajstić information content (AvgIpc) is 2.43. The maximum Gasteiger partial charge on any atom is 0.258 e. The molecule has 0 aromatic heterocycles. The molecule has 1 amide bonds. The first-order valence-electron chi connectivity index (χ1n) is 6.47. The van der Waals surface area contributed by atoms with Crippen molar-refractivity contribution in [2.45, 2.75) is 6.54 Å². The molecule has 0 saturated heterocycles. The maximum absolute atomic E-state index is 13.6. The molecule has 21 heavy (non-hydrogen) atoms. The number of nitrogens with one attached hydrogen (secondary N) is 1. The summed E-state index contributed by atoms with van der Waals surface area (Å²) in [5.41, 5.74) is 1.17. The van der Waals surface area contributed by atoms with Crippen LogP contribution in [0.3, 0.4) is 0 Å². The van der Waals surface area contributed by atoms with Crippen LogP contribution in [0.2, 0.25) is 0 Å². The molecule has 3 nitrogen and oxygen atoms in total. The van der Waals surface area contributed by atoms with E-state index in [2.05, 4.69) is 5.32 Å². The summed E-state index contributed by atoms with van der Waals surface area (Å²) in [6.45, 7) is 0.627. The minimum absolute atomic E-state index is 0.311. The lowest BCUT2D eigenvalue weighted by atomic mass is 10.1. The Morgan fingerprint density at radius 3 is 2.52 bits per heavy atom. The van der Waals surface area contributed by atoms with E-state index in [9.17, 15) is 13.6 Å². The monoisotopic (exact) mass is 290 g/mol. The summed E-state index contributed by atoms with van der Waals surface area (Å²) in [4.78, 5) is 14.0. The minimum atomic E-state index is -1.14. The molecule has 110 valence electrons. The molecule has 2 aromatic rings. The van der Waals surface area contributed by atoms with Crippen LogP contribution in [0.4, 0.5) is 14.5 Å². The van der Waals surface area contributed by atoms with Gasteiger partial charge in [0, 0.05) is 12.2 Å². The molecule has 0 unspecified atom stereocenters. The summed E-state index contributed by atoms with van der Waals surface area (Å²) in [6, 6.07) is 10.8. The zero-order valence-corrected chi connectivity index (χ0v) is 11.9. The van der Waals surface area contributed by atoms with Gasteiger partial charge in [-0.05, 0) is 37.9 Å². The summed E-state index contributed by atoms with van der Waals surface area (Å²) < 4.78 is 26.8. The molecular weight excluding hydrogens is 274 g/mol. The molecule has 0 atom stereocenters. The summed E-state index contributed by atoms with van der Waals surface area (Å²) in [7, 11) is 3.82. The molecule has 0 aliphatic carbocycles. The van der Waals surface area contributed by atoms with E-state index >= 15 is 0 Å². The molecule has 0 saturated carbocycles. The van der Waals surface area contributed by atoms with E-state index < -0.39 is 17.5 Å². The number of nitrogens with zero attached hydrogens (tertiary/aromatic N) is 1. The third-order valence-corrected chi connectivity index (χ3v) is 2.95. The van der Waals surface area contributed by atoms with Crippen LogP contribution in [-0.2, 0) is 6.54 Å². The van der Waals surface area contributed by atoms with Crippen LogP contribution in [-0.4, -0.2) is 24.9 Å². The second kappa shape index (κ2) is 6.45. The van der Waals surface area contributed by atoms with Gasteiger partial charge in [-0.2, -0.15) is 0 Å². The molecule has 0 heterocycles. The number of rotatable bonds is 4. The Morgan fingerprint density at radius 2 is 1.81 bits per heavy atom. The Balaban J connectivity index is 2.26.